The Hall–Kier alpha value is -2.49. The van der Waals surface area contributed by atoms with Crippen LogP contribution in [0.4, 0.5) is 10.1 Å². The summed E-state index contributed by atoms with van der Waals surface area (Å²) in [5, 5.41) is 3.01. The minimum absolute atomic E-state index is 0.0760. The Morgan fingerprint density at radius 2 is 1.92 bits per heavy atom. The van der Waals surface area contributed by atoms with E-state index < -0.39 is 0 Å². The fourth-order valence-corrected chi connectivity index (χ4v) is 3.16. The molecule has 0 radical (unpaired) electrons. The number of nitrogens with one attached hydrogen (secondary N) is 1. The van der Waals surface area contributed by atoms with Gasteiger partial charge in [0.2, 0.25) is 0 Å². The lowest BCUT2D eigenvalue weighted by atomic mass is 10.0. The Morgan fingerprint density at radius 3 is 2.65 bits per heavy atom. The van der Waals surface area contributed by atoms with Crippen molar-refractivity contribution in [1.82, 2.24) is 5.32 Å². The van der Waals surface area contributed by atoms with Crippen molar-refractivity contribution in [3.05, 3.63) is 53.8 Å². The highest BCUT2D eigenvalue weighted by Crippen LogP contribution is 2.32. The molecule has 0 saturated heterocycles. The first-order valence-electron chi connectivity index (χ1n) is 9.31. The van der Waals surface area contributed by atoms with Crippen LogP contribution in [0, 0.1) is 11.7 Å². The Balaban J connectivity index is 1.66. The molecule has 0 bridgehead atoms. The Morgan fingerprint density at radius 1 is 1.19 bits per heavy atom. The van der Waals surface area contributed by atoms with Crippen molar-refractivity contribution in [2.45, 2.75) is 39.5 Å². The largest absolute Gasteiger partial charge is 0.351 e. The molecule has 1 atom stereocenters. The van der Waals surface area contributed by atoms with Crippen molar-refractivity contribution < 1.29 is 9.18 Å². The number of fused-ring (bicyclic) bond motifs is 1. The average molecular weight is 352 g/mol. The maximum atomic E-state index is 13.1. The van der Waals surface area contributed by atoms with Crippen molar-refractivity contribution in [2.24, 2.45) is 10.9 Å². The summed E-state index contributed by atoms with van der Waals surface area (Å²) in [6, 6.07) is 12.4. The molecule has 4 heteroatoms. The predicted molar refractivity (Wildman–Crippen MR) is 104 cm³/mol. The van der Waals surface area contributed by atoms with Crippen LogP contribution in [0.15, 0.2) is 47.5 Å². The summed E-state index contributed by atoms with van der Waals surface area (Å²) in [6.07, 6.45) is 4.06. The van der Waals surface area contributed by atoms with E-state index in [1.54, 1.807) is 12.1 Å². The molecule has 3 nitrogen and oxygen atoms in total. The molecule has 1 N–H and O–H groups in total. The minimum atomic E-state index is -0.250. The van der Waals surface area contributed by atoms with Crippen molar-refractivity contribution in [3.8, 4) is 11.1 Å². The van der Waals surface area contributed by atoms with E-state index in [0.717, 1.165) is 28.8 Å². The van der Waals surface area contributed by atoms with Gasteiger partial charge in [0.05, 0.1) is 5.69 Å². The monoisotopic (exact) mass is 352 g/mol. The summed E-state index contributed by atoms with van der Waals surface area (Å²) in [5.41, 5.74) is 4.37. The molecule has 1 heterocycles. The molecule has 0 unspecified atom stereocenters. The molecule has 1 aliphatic heterocycles. The van der Waals surface area contributed by atoms with E-state index in [0.29, 0.717) is 24.6 Å². The number of amides is 1. The van der Waals surface area contributed by atoms with Gasteiger partial charge >= 0.3 is 0 Å². The van der Waals surface area contributed by atoms with E-state index in [2.05, 4.69) is 24.2 Å². The fourth-order valence-electron chi connectivity index (χ4n) is 3.16. The van der Waals surface area contributed by atoms with E-state index in [9.17, 15) is 9.18 Å². The summed E-state index contributed by atoms with van der Waals surface area (Å²) < 4.78 is 13.1. The normalized spacial score (nSPS) is 13.9. The number of halogens is 1. The molecule has 2 aromatic rings. The molecule has 2 aromatic carbocycles. The van der Waals surface area contributed by atoms with Gasteiger partial charge in [-0.3, -0.25) is 4.79 Å². The van der Waals surface area contributed by atoms with Crippen LogP contribution in [-0.2, 0) is 11.2 Å². The van der Waals surface area contributed by atoms with Crippen LogP contribution >= 0.6 is 0 Å². The van der Waals surface area contributed by atoms with Crippen molar-refractivity contribution >= 4 is 17.3 Å². The zero-order valence-electron chi connectivity index (χ0n) is 15.4. The standard InChI is InChI=1S/C22H25FN2O/c1-3-4-5-15(2)14-24-22(26)21-13-18-7-6-17(12-20(18)25-21)16-8-10-19(23)11-9-16/h6-12,15H,3-5,13-14H2,1-2H3,(H,24,26)/t15-/m1/s1. The number of unbranched alkanes of at least 4 members (excludes halogenated alkanes) is 1. The molecule has 1 amide bonds. The van der Waals surface area contributed by atoms with Gasteiger partial charge in [0.15, 0.2) is 0 Å². The summed E-state index contributed by atoms with van der Waals surface area (Å²) in [6.45, 7) is 5.03. The maximum Gasteiger partial charge on any atom is 0.266 e. The molecule has 1 aliphatic rings. The quantitative estimate of drug-likeness (QED) is 0.743. The zero-order valence-corrected chi connectivity index (χ0v) is 15.4. The van der Waals surface area contributed by atoms with Crippen molar-refractivity contribution in [1.29, 1.82) is 0 Å². The molecule has 0 saturated carbocycles. The van der Waals surface area contributed by atoms with Gasteiger partial charge in [0.1, 0.15) is 11.5 Å². The van der Waals surface area contributed by atoms with Gasteiger partial charge in [-0.25, -0.2) is 9.38 Å². The molecule has 3 rings (SSSR count). The van der Waals surface area contributed by atoms with Gasteiger partial charge < -0.3 is 5.32 Å². The lowest BCUT2D eigenvalue weighted by Gasteiger charge is -2.11. The smallest absolute Gasteiger partial charge is 0.266 e. The number of aliphatic imine (C=N–C) groups is 1. The number of benzene rings is 2. The number of carbonyl (C=O) groups excluding carboxylic acids is 1. The third-order valence-corrected chi connectivity index (χ3v) is 4.80. The van der Waals surface area contributed by atoms with Gasteiger partial charge in [-0.2, -0.15) is 0 Å². The van der Waals surface area contributed by atoms with Gasteiger partial charge in [-0.05, 0) is 47.2 Å². The molecule has 136 valence electrons. The van der Waals surface area contributed by atoms with Crippen LogP contribution in [0.2, 0.25) is 0 Å². The molecule has 0 spiro atoms. The Kier molecular flexibility index (Phi) is 5.82. The van der Waals surface area contributed by atoms with E-state index in [1.807, 2.05) is 18.2 Å². The van der Waals surface area contributed by atoms with E-state index in [-0.39, 0.29) is 11.7 Å². The molecule has 0 aromatic heterocycles. The lowest BCUT2D eigenvalue weighted by Crippen LogP contribution is -2.34. The third kappa shape index (κ3) is 4.37. The van der Waals surface area contributed by atoms with Crippen molar-refractivity contribution in [2.75, 3.05) is 6.54 Å². The minimum Gasteiger partial charge on any atom is -0.351 e. The summed E-state index contributed by atoms with van der Waals surface area (Å²) >= 11 is 0. The highest BCUT2D eigenvalue weighted by Gasteiger charge is 2.21. The van der Waals surface area contributed by atoms with Crippen LogP contribution in [0.5, 0.6) is 0 Å². The SMILES string of the molecule is CCCC[C@@H](C)CNC(=O)C1=Nc2cc(-c3ccc(F)cc3)ccc2C1. The van der Waals surface area contributed by atoms with E-state index >= 15 is 0 Å². The highest BCUT2D eigenvalue weighted by molar-refractivity contribution is 6.40. The molecule has 26 heavy (non-hydrogen) atoms. The van der Waals surface area contributed by atoms with Gasteiger partial charge in [0.25, 0.3) is 5.91 Å². The summed E-state index contributed by atoms with van der Waals surface area (Å²) in [4.78, 5) is 16.9. The number of hydrogen-bond donors (Lipinski definition) is 1. The van der Waals surface area contributed by atoms with Crippen LogP contribution in [0.3, 0.4) is 0 Å². The van der Waals surface area contributed by atoms with Gasteiger partial charge in [-0.1, -0.05) is 51.0 Å². The molecular formula is C22H25FN2O. The zero-order chi connectivity index (χ0) is 18.5. The number of carbonyl (C=O) groups is 1. The number of rotatable bonds is 7. The second-order valence-corrected chi connectivity index (χ2v) is 7.04. The number of hydrogen-bond acceptors (Lipinski definition) is 2. The molecule has 0 aliphatic carbocycles. The van der Waals surface area contributed by atoms with Crippen LogP contribution < -0.4 is 5.32 Å². The maximum absolute atomic E-state index is 13.1. The third-order valence-electron chi connectivity index (χ3n) is 4.80. The second kappa shape index (κ2) is 8.26. The topological polar surface area (TPSA) is 41.5 Å². The van der Waals surface area contributed by atoms with Crippen LogP contribution in [0.1, 0.15) is 38.7 Å². The lowest BCUT2D eigenvalue weighted by molar-refractivity contribution is -0.115. The van der Waals surface area contributed by atoms with E-state index in [4.69, 9.17) is 0 Å². The second-order valence-electron chi connectivity index (χ2n) is 7.04. The molecular weight excluding hydrogens is 327 g/mol. The van der Waals surface area contributed by atoms with Crippen LogP contribution in [0.25, 0.3) is 11.1 Å². The Labute approximate surface area is 154 Å². The predicted octanol–water partition coefficient (Wildman–Crippen LogP) is 5.06. The average Bonchev–Trinajstić information content (AvgIpc) is 3.08. The van der Waals surface area contributed by atoms with Crippen LogP contribution in [-0.4, -0.2) is 18.2 Å². The first kappa shape index (κ1) is 18.3. The first-order valence-corrected chi connectivity index (χ1v) is 9.31. The summed E-state index contributed by atoms with van der Waals surface area (Å²) in [7, 11) is 0. The van der Waals surface area contributed by atoms with Gasteiger partial charge in [-0.15, -0.1) is 0 Å². The molecule has 0 fully saturated rings. The van der Waals surface area contributed by atoms with Gasteiger partial charge in [0, 0.05) is 13.0 Å². The number of nitrogens with zero attached hydrogens (tertiary/aromatic N) is 1. The fraction of sp³-hybridized carbons (Fsp3) is 0.364. The van der Waals surface area contributed by atoms with Crippen molar-refractivity contribution in [3.63, 3.8) is 0 Å². The highest BCUT2D eigenvalue weighted by atomic mass is 19.1. The Bertz CT molecular complexity index is 811. The van der Waals surface area contributed by atoms with E-state index in [1.165, 1.54) is 25.0 Å². The first-order chi connectivity index (χ1) is 12.6. The summed E-state index contributed by atoms with van der Waals surface area (Å²) in [5.74, 6) is 0.154.